The lowest BCUT2D eigenvalue weighted by Crippen LogP contribution is -2.05. The van der Waals surface area contributed by atoms with Gasteiger partial charge in [0.25, 0.3) is 0 Å². The zero-order chi connectivity index (χ0) is 10.7. The third kappa shape index (κ3) is 2.42. The van der Waals surface area contributed by atoms with Gasteiger partial charge in [0.2, 0.25) is 5.91 Å². The van der Waals surface area contributed by atoms with Gasteiger partial charge >= 0.3 is 0 Å². The second-order valence-electron chi connectivity index (χ2n) is 3.19. The number of amides is 1. The molecule has 0 bridgehead atoms. The molecule has 2 N–H and O–H groups in total. The summed E-state index contributed by atoms with van der Waals surface area (Å²) in [5.41, 5.74) is 7.39. The van der Waals surface area contributed by atoms with Crippen LogP contribution in [0.2, 0.25) is 0 Å². The van der Waals surface area contributed by atoms with E-state index in [9.17, 15) is 9.18 Å². The molecule has 1 rings (SSSR count). The van der Waals surface area contributed by atoms with Crippen LogP contribution in [-0.4, -0.2) is 5.91 Å². The number of primary amides is 1. The topological polar surface area (TPSA) is 43.1 Å². The first kappa shape index (κ1) is 10.4. The Kier molecular flexibility index (Phi) is 3.02. The Morgan fingerprint density at radius 1 is 1.36 bits per heavy atom. The summed E-state index contributed by atoms with van der Waals surface area (Å²) in [6, 6.07) is 2.85. The molecule has 3 heteroatoms. The Morgan fingerprint density at radius 3 is 2.29 bits per heavy atom. The van der Waals surface area contributed by atoms with E-state index in [2.05, 4.69) is 0 Å². The van der Waals surface area contributed by atoms with Crippen molar-refractivity contribution in [2.24, 2.45) is 5.73 Å². The molecule has 74 valence electrons. The summed E-state index contributed by atoms with van der Waals surface area (Å²) in [6.07, 6.45) is 2.87. The molecule has 1 amide bonds. The molecule has 0 aliphatic heterocycles. The number of rotatable bonds is 2. The van der Waals surface area contributed by atoms with Gasteiger partial charge in [-0.25, -0.2) is 4.39 Å². The van der Waals surface area contributed by atoms with Crippen LogP contribution in [0.25, 0.3) is 6.08 Å². The Balaban J connectivity index is 3.15. The lowest BCUT2D eigenvalue weighted by atomic mass is 10.0. The van der Waals surface area contributed by atoms with Gasteiger partial charge in [-0.05, 0) is 48.7 Å². The molecule has 0 atom stereocenters. The lowest BCUT2D eigenvalue weighted by Gasteiger charge is -2.04. The van der Waals surface area contributed by atoms with Gasteiger partial charge in [-0.3, -0.25) is 4.79 Å². The van der Waals surface area contributed by atoms with Gasteiger partial charge in [-0.2, -0.15) is 0 Å². The first-order valence-corrected chi connectivity index (χ1v) is 4.25. The third-order valence-electron chi connectivity index (χ3n) is 1.97. The Bertz CT molecular complexity index is 373. The van der Waals surface area contributed by atoms with E-state index in [1.54, 1.807) is 19.9 Å². The predicted molar refractivity (Wildman–Crippen MR) is 54.1 cm³/mol. The summed E-state index contributed by atoms with van der Waals surface area (Å²) in [5.74, 6) is -0.774. The zero-order valence-corrected chi connectivity index (χ0v) is 8.17. The van der Waals surface area contributed by atoms with E-state index >= 15 is 0 Å². The van der Waals surface area contributed by atoms with Crippen LogP contribution in [-0.2, 0) is 4.79 Å². The SMILES string of the molecule is Cc1cc(F)cc(C)c1C=CC(N)=O. The van der Waals surface area contributed by atoms with Crippen molar-refractivity contribution in [1.82, 2.24) is 0 Å². The van der Waals surface area contributed by atoms with Crippen LogP contribution < -0.4 is 5.73 Å². The minimum atomic E-state index is -0.506. The molecule has 1 aromatic rings. The Morgan fingerprint density at radius 2 is 1.86 bits per heavy atom. The molecule has 0 fully saturated rings. The van der Waals surface area contributed by atoms with E-state index in [1.165, 1.54) is 18.2 Å². The van der Waals surface area contributed by atoms with Crippen molar-refractivity contribution in [3.63, 3.8) is 0 Å². The number of hydrogen-bond donors (Lipinski definition) is 1. The van der Waals surface area contributed by atoms with E-state index in [0.717, 1.165) is 16.7 Å². The van der Waals surface area contributed by atoms with Crippen LogP contribution in [0, 0.1) is 19.7 Å². The number of halogens is 1. The molecule has 0 saturated heterocycles. The van der Waals surface area contributed by atoms with E-state index in [0.29, 0.717) is 0 Å². The number of hydrogen-bond acceptors (Lipinski definition) is 1. The largest absolute Gasteiger partial charge is 0.366 e. The van der Waals surface area contributed by atoms with Gasteiger partial charge in [0.05, 0.1) is 0 Å². The highest BCUT2D eigenvalue weighted by molar-refractivity contribution is 5.90. The second kappa shape index (κ2) is 4.05. The van der Waals surface area contributed by atoms with E-state index in [-0.39, 0.29) is 5.82 Å². The normalized spacial score (nSPS) is 10.8. The summed E-state index contributed by atoms with van der Waals surface area (Å²) >= 11 is 0. The van der Waals surface area contributed by atoms with Crippen LogP contribution in [0.4, 0.5) is 4.39 Å². The van der Waals surface area contributed by atoms with Gasteiger partial charge in [-0.1, -0.05) is 0 Å². The summed E-state index contributed by atoms with van der Waals surface area (Å²) in [5, 5.41) is 0. The van der Waals surface area contributed by atoms with Crippen LogP contribution in [0.3, 0.4) is 0 Å². The van der Waals surface area contributed by atoms with Crippen molar-refractivity contribution in [2.45, 2.75) is 13.8 Å². The quantitative estimate of drug-likeness (QED) is 0.716. The van der Waals surface area contributed by atoms with E-state index in [1.807, 2.05) is 0 Å². The second-order valence-corrected chi connectivity index (χ2v) is 3.19. The highest BCUT2D eigenvalue weighted by Crippen LogP contribution is 2.17. The Labute approximate surface area is 82.2 Å². The van der Waals surface area contributed by atoms with Crippen LogP contribution >= 0.6 is 0 Å². The number of carbonyl (C=O) groups excluding carboxylic acids is 1. The smallest absolute Gasteiger partial charge is 0.241 e. The Hall–Kier alpha value is -1.64. The minimum absolute atomic E-state index is 0.267. The van der Waals surface area contributed by atoms with Gasteiger partial charge < -0.3 is 5.73 Å². The van der Waals surface area contributed by atoms with Crippen molar-refractivity contribution in [3.05, 3.63) is 40.7 Å². The van der Waals surface area contributed by atoms with Crippen LogP contribution in [0.1, 0.15) is 16.7 Å². The maximum Gasteiger partial charge on any atom is 0.241 e. The third-order valence-corrected chi connectivity index (χ3v) is 1.97. The van der Waals surface area contributed by atoms with Crippen molar-refractivity contribution >= 4 is 12.0 Å². The van der Waals surface area contributed by atoms with Crippen molar-refractivity contribution in [1.29, 1.82) is 0 Å². The summed E-state index contributed by atoms with van der Waals surface area (Å²) in [4.78, 5) is 10.5. The van der Waals surface area contributed by atoms with E-state index in [4.69, 9.17) is 5.73 Å². The van der Waals surface area contributed by atoms with Crippen molar-refractivity contribution < 1.29 is 9.18 Å². The molecule has 0 aliphatic rings. The summed E-state index contributed by atoms with van der Waals surface area (Å²) in [7, 11) is 0. The predicted octanol–water partition coefficient (Wildman–Crippen LogP) is 1.94. The highest BCUT2D eigenvalue weighted by Gasteiger charge is 2.01. The number of carbonyl (C=O) groups is 1. The standard InChI is InChI=1S/C11H12FNO/c1-7-5-9(12)6-8(2)10(7)3-4-11(13)14/h3-6H,1-2H3,(H2,13,14). The molecule has 2 nitrogen and oxygen atoms in total. The van der Waals surface area contributed by atoms with Crippen molar-refractivity contribution in [3.8, 4) is 0 Å². The van der Waals surface area contributed by atoms with Gasteiger partial charge in [-0.15, -0.1) is 0 Å². The highest BCUT2D eigenvalue weighted by atomic mass is 19.1. The van der Waals surface area contributed by atoms with Gasteiger partial charge in [0.15, 0.2) is 0 Å². The summed E-state index contributed by atoms with van der Waals surface area (Å²) in [6.45, 7) is 3.58. The lowest BCUT2D eigenvalue weighted by molar-refractivity contribution is -0.113. The molecule has 0 heterocycles. The van der Waals surface area contributed by atoms with Crippen molar-refractivity contribution in [2.75, 3.05) is 0 Å². The molecule has 1 aromatic carbocycles. The minimum Gasteiger partial charge on any atom is -0.366 e. The number of nitrogens with two attached hydrogens (primary N) is 1. The molecular formula is C11H12FNO. The van der Waals surface area contributed by atoms with Gasteiger partial charge in [0.1, 0.15) is 5.82 Å². The maximum absolute atomic E-state index is 12.9. The molecule has 0 spiro atoms. The molecule has 0 aliphatic carbocycles. The first-order chi connectivity index (χ1) is 6.50. The van der Waals surface area contributed by atoms with E-state index < -0.39 is 5.91 Å². The number of benzene rings is 1. The fourth-order valence-electron chi connectivity index (χ4n) is 1.35. The molecule has 14 heavy (non-hydrogen) atoms. The summed E-state index contributed by atoms with van der Waals surface area (Å²) < 4.78 is 12.9. The molecular weight excluding hydrogens is 181 g/mol. The average molecular weight is 193 g/mol. The molecule has 0 unspecified atom stereocenters. The average Bonchev–Trinajstić information content (AvgIpc) is 2.01. The number of aryl methyl sites for hydroxylation is 2. The van der Waals surface area contributed by atoms with Crippen LogP contribution in [0.15, 0.2) is 18.2 Å². The first-order valence-electron chi connectivity index (χ1n) is 4.25. The maximum atomic E-state index is 12.9. The fraction of sp³-hybridized carbons (Fsp3) is 0.182. The van der Waals surface area contributed by atoms with Crippen LogP contribution in [0.5, 0.6) is 0 Å². The molecule has 0 radical (unpaired) electrons. The zero-order valence-electron chi connectivity index (χ0n) is 8.17. The molecule has 0 saturated carbocycles. The van der Waals surface area contributed by atoms with Gasteiger partial charge in [0, 0.05) is 6.08 Å². The monoisotopic (exact) mass is 193 g/mol. The fourth-order valence-corrected chi connectivity index (χ4v) is 1.35. The molecule has 0 aromatic heterocycles.